The van der Waals surface area contributed by atoms with E-state index in [1.165, 1.54) is 6.42 Å². The van der Waals surface area contributed by atoms with E-state index < -0.39 is 5.54 Å². The highest BCUT2D eigenvalue weighted by Crippen LogP contribution is 2.37. The molecular formula is C27H31N3O2. The number of aryl methyl sites for hydroxylation is 2. The summed E-state index contributed by atoms with van der Waals surface area (Å²) in [7, 11) is 0. The monoisotopic (exact) mass is 429 g/mol. The molecule has 1 atom stereocenters. The third-order valence-corrected chi connectivity index (χ3v) is 7.09. The van der Waals surface area contributed by atoms with Gasteiger partial charge in [0, 0.05) is 22.6 Å². The van der Waals surface area contributed by atoms with Gasteiger partial charge in [-0.05, 0) is 69.0 Å². The lowest BCUT2D eigenvalue weighted by Crippen LogP contribution is -2.65. The van der Waals surface area contributed by atoms with Gasteiger partial charge in [0.1, 0.15) is 11.2 Å². The van der Waals surface area contributed by atoms with Gasteiger partial charge in [0.15, 0.2) is 0 Å². The first-order chi connectivity index (χ1) is 15.4. The number of anilines is 1. The SMILES string of the molecule is Cc1cc(C)cc(N2C(=O)c3cc4ccccc4n3C[C@@]2(C)C(=O)NC2CCCCC2)c1. The molecule has 2 amide bonds. The molecule has 2 aromatic carbocycles. The molecule has 166 valence electrons. The van der Waals surface area contributed by atoms with Crippen LogP contribution in [0.1, 0.15) is 60.6 Å². The molecule has 0 radical (unpaired) electrons. The number of amides is 2. The summed E-state index contributed by atoms with van der Waals surface area (Å²) in [6.45, 7) is 6.40. The third-order valence-electron chi connectivity index (χ3n) is 7.09. The van der Waals surface area contributed by atoms with E-state index in [0.717, 1.165) is 53.4 Å². The highest BCUT2D eigenvalue weighted by Gasteiger charge is 2.49. The number of aromatic nitrogens is 1. The summed E-state index contributed by atoms with van der Waals surface area (Å²) in [5.41, 5.74) is 3.54. The van der Waals surface area contributed by atoms with Crippen LogP contribution >= 0.6 is 0 Å². The topological polar surface area (TPSA) is 54.3 Å². The predicted octanol–water partition coefficient (Wildman–Crippen LogP) is 5.13. The van der Waals surface area contributed by atoms with Gasteiger partial charge in [0.05, 0.1) is 6.54 Å². The molecule has 3 aromatic rings. The van der Waals surface area contributed by atoms with Crippen molar-refractivity contribution in [3.8, 4) is 0 Å². The van der Waals surface area contributed by atoms with E-state index >= 15 is 0 Å². The van der Waals surface area contributed by atoms with Crippen LogP contribution in [-0.2, 0) is 11.3 Å². The number of carbonyl (C=O) groups is 2. The zero-order valence-corrected chi connectivity index (χ0v) is 19.1. The smallest absolute Gasteiger partial charge is 0.275 e. The lowest BCUT2D eigenvalue weighted by molar-refractivity contribution is -0.127. The largest absolute Gasteiger partial charge is 0.351 e. The van der Waals surface area contributed by atoms with Crippen molar-refractivity contribution in [2.75, 3.05) is 4.90 Å². The van der Waals surface area contributed by atoms with Gasteiger partial charge in [-0.15, -0.1) is 0 Å². The summed E-state index contributed by atoms with van der Waals surface area (Å²) in [5, 5.41) is 4.32. The Morgan fingerprint density at radius 1 is 1.00 bits per heavy atom. The lowest BCUT2D eigenvalue weighted by Gasteiger charge is -2.45. The number of fused-ring (bicyclic) bond motifs is 3. The lowest BCUT2D eigenvalue weighted by atomic mass is 9.90. The van der Waals surface area contributed by atoms with Crippen LogP contribution in [0.5, 0.6) is 0 Å². The van der Waals surface area contributed by atoms with Gasteiger partial charge in [-0.2, -0.15) is 0 Å². The standard InChI is InChI=1S/C27H31N3O2/c1-18-13-19(2)15-22(14-18)30-25(31)24-16-20-9-7-8-12-23(20)29(24)17-27(30,3)26(32)28-21-10-5-4-6-11-21/h7-9,12-16,21H,4-6,10-11,17H2,1-3H3,(H,28,32)/t27-/m0/s1. The van der Waals surface area contributed by atoms with Crippen molar-refractivity contribution in [3.63, 3.8) is 0 Å². The molecule has 2 aliphatic rings. The molecule has 0 bridgehead atoms. The number of nitrogens with one attached hydrogen (secondary N) is 1. The van der Waals surface area contributed by atoms with E-state index in [2.05, 4.69) is 11.4 Å². The summed E-state index contributed by atoms with van der Waals surface area (Å²) in [5.74, 6) is -0.195. The summed E-state index contributed by atoms with van der Waals surface area (Å²) < 4.78 is 2.03. The molecule has 5 nitrogen and oxygen atoms in total. The minimum Gasteiger partial charge on any atom is -0.351 e. The number of benzene rings is 2. The van der Waals surface area contributed by atoms with E-state index in [4.69, 9.17) is 0 Å². The molecule has 1 aromatic heterocycles. The minimum absolute atomic E-state index is 0.0691. The Balaban J connectivity index is 1.63. The van der Waals surface area contributed by atoms with Crippen LogP contribution in [-0.4, -0.2) is 28.0 Å². The summed E-state index contributed by atoms with van der Waals surface area (Å²) in [4.78, 5) is 29.5. The molecule has 5 heteroatoms. The fourth-order valence-electron chi connectivity index (χ4n) is 5.52. The maximum absolute atomic E-state index is 13.9. The molecule has 1 saturated carbocycles. The molecule has 32 heavy (non-hydrogen) atoms. The average molecular weight is 430 g/mol. The van der Waals surface area contributed by atoms with Gasteiger partial charge in [-0.1, -0.05) is 43.5 Å². The highest BCUT2D eigenvalue weighted by atomic mass is 16.2. The Labute approximate surface area is 189 Å². The molecule has 2 heterocycles. The molecule has 1 fully saturated rings. The highest BCUT2D eigenvalue weighted by molar-refractivity contribution is 6.14. The van der Waals surface area contributed by atoms with Gasteiger partial charge in [0.2, 0.25) is 5.91 Å². The number of para-hydroxylation sites is 1. The predicted molar refractivity (Wildman–Crippen MR) is 128 cm³/mol. The number of hydrogen-bond donors (Lipinski definition) is 1. The van der Waals surface area contributed by atoms with Crippen molar-refractivity contribution in [2.24, 2.45) is 0 Å². The minimum atomic E-state index is -1.02. The fraction of sp³-hybridized carbons (Fsp3) is 0.407. The van der Waals surface area contributed by atoms with Crippen LogP contribution < -0.4 is 10.2 Å². The van der Waals surface area contributed by atoms with Crippen LogP contribution in [0.4, 0.5) is 5.69 Å². The Morgan fingerprint density at radius 2 is 1.69 bits per heavy atom. The van der Waals surface area contributed by atoms with E-state index in [1.54, 1.807) is 4.90 Å². The number of hydrogen-bond acceptors (Lipinski definition) is 2. The van der Waals surface area contributed by atoms with E-state index in [9.17, 15) is 9.59 Å². The molecule has 0 saturated heterocycles. The van der Waals surface area contributed by atoms with Gasteiger partial charge in [-0.25, -0.2) is 0 Å². The summed E-state index contributed by atoms with van der Waals surface area (Å²) in [6.07, 6.45) is 5.55. The Hall–Kier alpha value is -3.08. The Morgan fingerprint density at radius 3 is 2.41 bits per heavy atom. The van der Waals surface area contributed by atoms with Gasteiger partial charge in [0.25, 0.3) is 5.91 Å². The van der Waals surface area contributed by atoms with Gasteiger partial charge in [-0.3, -0.25) is 14.5 Å². The Kier molecular flexibility index (Phi) is 5.07. The van der Waals surface area contributed by atoms with Crippen LogP contribution in [0.2, 0.25) is 0 Å². The number of carbonyl (C=O) groups excluding carboxylic acids is 2. The van der Waals surface area contributed by atoms with E-state index in [-0.39, 0.29) is 17.9 Å². The molecule has 1 aliphatic heterocycles. The molecular weight excluding hydrogens is 398 g/mol. The fourth-order valence-corrected chi connectivity index (χ4v) is 5.52. The van der Waals surface area contributed by atoms with Crippen LogP contribution in [0, 0.1) is 13.8 Å². The Bertz CT molecular complexity index is 1180. The number of rotatable bonds is 3. The van der Waals surface area contributed by atoms with Crippen molar-refractivity contribution in [2.45, 2.75) is 71.0 Å². The van der Waals surface area contributed by atoms with Crippen molar-refractivity contribution in [1.29, 1.82) is 0 Å². The van der Waals surface area contributed by atoms with Gasteiger partial charge < -0.3 is 9.88 Å². The first-order valence-electron chi connectivity index (χ1n) is 11.7. The first-order valence-corrected chi connectivity index (χ1v) is 11.7. The molecule has 1 N–H and O–H groups in total. The molecule has 5 rings (SSSR count). The van der Waals surface area contributed by atoms with Crippen molar-refractivity contribution in [3.05, 3.63) is 65.4 Å². The first kappa shape index (κ1) is 20.8. The maximum Gasteiger partial charge on any atom is 0.275 e. The van der Waals surface area contributed by atoms with Crippen LogP contribution in [0.25, 0.3) is 10.9 Å². The van der Waals surface area contributed by atoms with E-state index in [1.807, 2.05) is 67.8 Å². The van der Waals surface area contributed by atoms with Crippen molar-refractivity contribution >= 4 is 28.4 Å². The second kappa shape index (κ2) is 7.80. The summed E-state index contributed by atoms with van der Waals surface area (Å²) >= 11 is 0. The van der Waals surface area contributed by atoms with E-state index in [0.29, 0.717) is 12.2 Å². The average Bonchev–Trinajstić information content (AvgIpc) is 3.12. The second-order valence-corrected chi connectivity index (χ2v) is 9.74. The number of nitrogens with zero attached hydrogens (tertiary/aromatic N) is 2. The zero-order valence-electron chi connectivity index (χ0n) is 19.1. The van der Waals surface area contributed by atoms with Crippen LogP contribution in [0.15, 0.2) is 48.5 Å². The quantitative estimate of drug-likeness (QED) is 0.628. The van der Waals surface area contributed by atoms with Crippen LogP contribution in [0.3, 0.4) is 0 Å². The van der Waals surface area contributed by atoms with Crippen molar-refractivity contribution < 1.29 is 9.59 Å². The zero-order chi connectivity index (χ0) is 22.5. The molecule has 0 unspecified atom stereocenters. The third kappa shape index (κ3) is 3.40. The molecule has 1 aliphatic carbocycles. The van der Waals surface area contributed by atoms with Crippen molar-refractivity contribution in [1.82, 2.24) is 9.88 Å². The summed E-state index contributed by atoms with van der Waals surface area (Å²) in [6, 6.07) is 16.3. The molecule has 0 spiro atoms. The maximum atomic E-state index is 13.9. The second-order valence-electron chi connectivity index (χ2n) is 9.74. The normalized spacial score (nSPS) is 21.6. The van der Waals surface area contributed by atoms with Gasteiger partial charge >= 0.3 is 0 Å².